The van der Waals surface area contributed by atoms with Gasteiger partial charge in [0, 0.05) is 24.0 Å². The van der Waals surface area contributed by atoms with Crippen LogP contribution in [0.5, 0.6) is 0 Å². The molecule has 0 amide bonds. The molecule has 0 aliphatic carbocycles. The predicted molar refractivity (Wildman–Crippen MR) is 96.6 cm³/mol. The van der Waals surface area contributed by atoms with Crippen molar-refractivity contribution in [3.63, 3.8) is 0 Å². The molecule has 0 radical (unpaired) electrons. The molecule has 4 nitrogen and oxygen atoms in total. The second kappa shape index (κ2) is 5.78. The fourth-order valence-electron chi connectivity index (χ4n) is 3.51. The first-order valence-corrected chi connectivity index (χ1v) is 8.45. The Morgan fingerprint density at radius 3 is 2.92 bits per heavy atom. The van der Waals surface area contributed by atoms with Gasteiger partial charge in [0.2, 0.25) is 0 Å². The minimum atomic E-state index is -0.0170. The van der Waals surface area contributed by atoms with Crippen LogP contribution in [0.15, 0.2) is 53.5 Å². The van der Waals surface area contributed by atoms with Gasteiger partial charge < -0.3 is 4.90 Å². The van der Waals surface area contributed by atoms with Crippen LogP contribution in [-0.4, -0.2) is 15.4 Å². The van der Waals surface area contributed by atoms with E-state index in [-0.39, 0.29) is 5.56 Å². The molecular weight excluding hydrogens is 298 g/mol. The average Bonchev–Trinajstić information content (AvgIpc) is 2.58. The highest BCUT2D eigenvalue weighted by Gasteiger charge is 2.23. The average molecular weight is 319 g/mol. The smallest absolute Gasteiger partial charge is 0.258 e. The lowest BCUT2D eigenvalue weighted by molar-refractivity contribution is 0.556. The number of para-hydroxylation sites is 1. The van der Waals surface area contributed by atoms with Crippen molar-refractivity contribution < 1.29 is 0 Å². The van der Waals surface area contributed by atoms with Crippen molar-refractivity contribution in [3.8, 4) is 0 Å². The number of aromatic nitrogens is 2. The Balaban J connectivity index is 1.74. The van der Waals surface area contributed by atoms with Crippen molar-refractivity contribution in [1.29, 1.82) is 0 Å². The number of aryl methyl sites for hydroxylation is 2. The first-order valence-electron chi connectivity index (χ1n) is 8.45. The van der Waals surface area contributed by atoms with E-state index in [1.165, 1.54) is 11.3 Å². The molecule has 3 aromatic rings. The van der Waals surface area contributed by atoms with Crippen LogP contribution in [0, 0.1) is 6.92 Å². The third-order valence-corrected chi connectivity index (χ3v) is 4.86. The van der Waals surface area contributed by atoms with Crippen LogP contribution < -0.4 is 10.5 Å². The normalized spacial score (nSPS) is 17.1. The summed E-state index contributed by atoms with van der Waals surface area (Å²) in [6.45, 7) is 4.89. The van der Waals surface area contributed by atoms with E-state index in [0.717, 1.165) is 24.1 Å². The fraction of sp³-hybridized carbons (Fsp3) is 0.300. The quantitative estimate of drug-likeness (QED) is 0.727. The Hall–Kier alpha value is -2.62. The molecule has 0 fully saturated rings. The molecule has 0 N–H and O–H groups in total. The highest BCUT2D eigenvalue weighted by Crippen LogP contribution is 2.31. The van der Waals surface area contributed by atoms with Gasteiger partial charge in [-0.15, -0.1) is 0 Å². The summed E-state index contributed by atoms with van der Waals surface area (Å²) in [7, 11) is 0. The van der Waals surface area contributed by atoms with Crippen LogP contribution >= 0.6 is 0 Å². The molecule has 3 heterocycles. The Kier molecular flexibility index (Phi) is 3.60. The topological polar surface area (TPSA) is 37.6 Å². The maximum Gasteiger partial charge on any atom is 0.258 e. The second-order valence-corrected chi connectivity index (χ2v) is 6.66. The SMILES string of the molecule is Cc1ccc2nc(CN3c4ccccc4CC[C@@H]3C)cc(=O)n2c1. The van der Waals surface area contributed by atoms with Gasteiger partial charge in [-0.05, 0) is 49.9 Å². The van der Waals surface area contributed by atoms with Crippen molar-refractivity contribution in [2.75, 3.05) is 4.90 Å². The van der Waals surface area contributed by atoms with E-state index in [2.05, 4.69) is 36.1 Å². The lowest BCUT2D eigenvalue weighted by atomic mass is 9.96. The molecule has 0 spiro atoms. The lowest BCUT2D eigenvalue weighted by Gasteiger charge is -2.36. The minimum absolute atomic E-state index is 0.0170. The molecule has 4 rings (SSSR count). The van der Waals surface area contributed by atoms with Crippen molar-refractivity contribution in [3.05, 3.63) is 75.8 Å². The molecular formula is C20H21N3O. The van der Waals surface area contributed by atoms with Crippen LogP contribution in [0.2, 0.25) is 0 Å². The number of rotatable bonds is 2. The molecule has 0 unspecified atom stereocenters. The number of nitrogens with zero attached hydrogens (tertiary/aromatic N) is 3. The highest BCUT2D eigenvalue weighted by molar-refractivity contribution is 5.56. The van der Waals surface area contributed by atoms with Gasteiger partial charge in [0.15, 0.2) is 0 Å². The molecule has 1 aromatic carbocycles. The largest absolute Gasteiger partial charge is 0.363 e. The fourth-order valence-corrected chi connectivity index (χ4v) is 3.51. The molecule has 2 aromatic heterocycles. The summed E-state index contributed by atoms with van der Waals surface area (Å²) in [5.41, 5.74) is 5.22. The Morgan fingerprint density at radius 2 is 2.04 bits per heavy atom. The van der Waals surface area contributed by atoms with Crippen LogP contribution in [0.4, 0.5) is 5.69 Å². The zero-order valence-corrected chi connectivity index (χ0v) is 14.1. The van der Waals surface area contributed by atoms with Crippen molar-refractivity contribution >= 4 is 11.3 Å². The molecule has 1 aliphatic rings. The molecule has 0 bridgehead atoms. The maximum absolute atomic E-state index is 12.4. The van der Waals surface area contributed by atoms with E-state index in [1.54, 1.807) is 10.5 Å². The van der Waals surface area contributed by atoms with Gasteiger partial charge in [-0.25, -0.2) is 4.98 Å². The van der Waals surface area contributed by atoms with Gasteiger partial charge >= 0.3 is 0 Å². The summed E-state index contributed by atoms with van der Waals surface area (Å²) in [5.74, 6) is 0. The standard InChI is InChI=1S/C20H21N3O/c1-14-7-10-19-21-17(11-20(24)23(19)12-14)13-22-15(2)8-9-16-5-3-4-6-18(16)22/h3-7,10-12,15H,8-9,13H2,1-2H3/t15-/m0/s1. The zero-order valence-electron chi connectivity index (χ0n) is 14.1. The number of anilines is 1. The van der Waals surface area contributed by atoms with Crippen LogP contribution in [0.1, 0.15) is 30.2 Å². The molecule has 1 atom stereocenters. The van der Waals surface area contributed by atoms with E-state index in [4.69, 9.17) is 4.98 Å². The van der Waals surface area contributed by atoms with Gasteiger partial charge in [0.25, 0.3) is 5.56 Å². The van der Waals surface area contributed by atoms with Crippen LogP contribution in [0.25, 0.3) is 5.65 Å². The van der Waals surface area contributed by atoms with Gasteiger partial charge in [0.05, 0.1) is 12.2 Å². The van der Waals surface area contributed by atoms with E-state index >= 15 is 0 Å². The molecule has 1 aliphatic heterocycles. The molecule has 122 valence electrons. The highest BCUT2D eigenvalue weighted by atomic mass is 16.1. The van der Waals surface area contributed by atoms with Gasteiger partial charge in [0.1, 0.15) is 5.65 Å². The number of hydrogen-bond donors (Lipinski definition) is 0. The molecule has 4 heteroatoms. The second-order valence-electron chi connectivity index (χ2n) is 6.66. The minimum Gasteiger partial charge on any atom is -0.363 e. The van der Waals surface area contributed by atoms with E-state index in [9.17, 15) is 4.79 Å². The summed E-state index contributed by atoms with van der Waals surface area (Å²) in [5, 5.41) is 0. The van der Waals surface area contributed by atoms with E-state index < -0.39 is 0 Å². The van der Waals surface area contributed by atoms with Gasteiger partial charge in [-0.3, -0.25) is 9.20 Å². The van der Waals surface area contributed by atoms with Crippen LogP contribution in [-0.2, 0) is 13.0 Å². The molecule has 24 heavy (non-hydrogen) atoms. The van der Waals surface area contributed by atoms with Crippen LogP contribution in [0.3, 0.4) is 0 Å². The summed E-state index contributed by atoms with van der Waals surface area (Å²) in [4.78, 5) is 19.5. The van der Waals surface area contributed by atoms with Crippen molar-refractivity contribution in [1.82, 2.24) is 9.38 Å². The third-order valence-electron chi connectivity index (χ3n) is 4.86. The van der Waals surface area contributed by atoms with Crippen molar-refractivity contribution in [2.45, 2.75) is 39.3 Å². The van der Waals surface area contributed by atoms with Gasteiger partial charge in [-0.1, -0.05) is 24.3 Å². The maximum atomic E-state index is 12.4. The first-order chi connectivity index (χ1) is 11.6. The Labute approximate surface area is 141 Å². The zero-order chi connectivity index (χ0) is 16.7. The molecule has 0 saturated carbocycles. The van der Waals surface area contributed by atoms with Gasteiger partial charge in [-0.2, -0.15) is 0 Å². The summed E-state index contributed by atoms with van der Waals surface area (Å²) >= 11 is 0. The number of pyridine rings is 1. The lowest BCUT2D eigenvalue weighted by Crippen LogP contribution is -2.37. The van der Waals surface area contributed by atoms with E-state index in [0.29, 0.717) is 18.2 Å². The number of hydrogen-bond acceptors (Lipinski definition) is 3. The predicted octanol–water partition coefficient (Wildman–Crippen LogP) is 3.34. The molecule has 0 saturated heterocycles. The number of benzene rings is 1. The summed E-state index contributed by atoms with van der Waals surface area (Å²) < 4.78 is 1.62. The monoisotopic (exact) mass is 319 g/mol. The Morgan fingerprint density at radius 1 is 1.21 bits per heavy atom. The Bertz CT molecular complexity index is 961. The number of fused-ring (bicyclic) bond motifs is 2. The first kappa shape index (κ1) is 14.9. The summed E-state index contributed by atoms with van der Waals surface area (Å²) in [6, 6.07) is 14.5. The third kappa shape index (κ3) is 2.58. The summed E-state index contributed by atoms with van der Waals surface area (Å²) in [6.07, 6.45) is 4.08. The van der Waals surface area contributed by atoms with Crippen molar-refractivity contribution in [2.24, 2.45) is 0 Å². The van der Waals surface area contributed by atoms with E-state index in [1.807, 2.05) is 25.3 Å².